The molecule has 0 radical (unpaired) electrons. The third kappa shape index (κ3) is 4.08. The number of esters is 1. The van der Waals surface area contributed by atoms with E-state index in [1.807, 2.05) is 30.3 Å². The van der Waals surface area contributed by atoms with E-state index in [9.17, 15) is 14.8 Å². The first-order chi connectivity index (χ1) is 10.1. The zero-order chi connectivity index (χ0) is 15.2. The Labute approximate surface area is 122 Å². The van der Waals surface area contributed by atoms with Gasteiger partial charge in [0, 0.05) is 0 Å². The van der Waals surface area contributed by atoms with Gasteiger partial charge < -0.3 is 19.5 Å². The Hall–Kier alpha value is -2.31. The van der Waals surface area contributed by atoms with Gasteiger partial charge in [-0.2, -0.15) is 0 Å². The molecule has 0 fully saturated rings. The smallest absolute Gasteiger partial charge is 0.488 e. The molecule has 0 aliphatic rings. The molecule has 5 nitrogen and oxygen atoms in total. The van der Waals surface area contributed by atoms with Gasteiger partial charge >= 0.3 is 13.1 Å². The van der Waals surface area contributed by atoms with E-state index in [2.05, 4.69) is 4.74 Å². The molecule has 2 aromatic carbocycles. The maximum atomic E-state index is 11.6. The van der Waals surface area contributed by atoms with Gasteiger partial charge in [0.25, 0.3) is 0 Å². The minimum atomic E-state index is -1.69. The topological polar surface area (TPSA) is 76.0 Å². The highest BCUT2D eigenvalue weighted by molar-refractivity contribution is 6.58. The first-order valence-electron chi connectivity index (χ1n) is 6.36. The summed E-state index contributed by atoms with van der Waals surface area (Å²) in [6.07, 6.45) is 0. The fourth-order valence-corrected chi connectivity index (χ4v) is 1.83. The minimum absolute atomic E-state index is 0.168. The van der Waals surface area contributed by atoms with Crippen molar-refractivity contribution in [3.05, 3.63) is 59.7 Å². The van der Waals surface area contributed by atoms with Crippen LogP contribution in [0.2, 0.25) is 0 Å². The van der Waals surface area contributed by atoms with Crippen molar-refractivity contribution in [1.82, 2.24) is 0 Å². The van der Waals surface area contributed by atoms with Gasteiger partial charge in [0.1, 0.15) is 12.4 Å². The highest BCUT2D eigenvalue weighted by Gasteiger charge is 2.17. The average Bonchev–Trinajstić information content (AvgIpc) is 2.52. The molecule has 108 valence electrons. The Bertz CT molecular complexity index is 613. The molecule has 2 N–H and O–H groups in total. The lowest BCUT2D eigenvalue weighted by molar-refractivity contribution is 0.0600. The Balaban J connectivity index is 2.21. The highest BCUT2D eigenvalue weighted by Crippen LogP contribution is 2.15. The highest BCUT2D eigenvalue weighted by atomic mass is 16.5. The SMILES string of the molecule is COC(=O)c1cc(OCc2ccccc2)cc(B(O)O)c1. The fourth-order valence-electron chi connectivity index (χ4n) is 1.83. The lowest BCUT2D eigenvalue weighted by atomic mass is 9.79. The second-order valence-electron chi connectivity index (χ2n) is 4.43. The summed E-state index contributed by atoms with van der Waals surface area (Å²) >= 11 is 0. The molecule has 0 unspecified atom stereocenters. The van der Waals surface area contributed by atoms with E-state index in [0.29, 0.717) is 12.4 Å². The molecule has 0 amide bonds. The van der Waals surface area contributed by atoms with Crippen LogP contribution in [0.15, 0.2) is 48.5 Å². The predicted molar refractivity (Wildman–Crippen MR) is 78.4 cm³/mol. The number of rotatable bonds is 5. The largest absolute Gasteiger partial charge is 0.489 e. The molecule has 0 bridgehead atoms. The second-order valence-corrected chi connectivity index (χ2v) is 4.43. The first-order valence-corrected chi connectivity index (χ1v) is 6.36. The molecular weight excluding hydrogens is 271 g/mol. The van der Waals surface area contributed by atoms with Crippen LogP contribution in [0.4, 0.5) is 0 Å². The monoisotopic (exact) mass is 286 g/mol. The Morgan fingerprint density at radius 3 is 2.48 bits per heavy atom. The summed E-state index contributed by atoms with van der Waals surface area (Å²) in [7, 11) is -0.428. The lowest BCUT2D eigenvalue weighted by Crippen LogP contribution is -2.30. The van der Waals surface area contributed by atoms with Crippen LogP contribution in [-0.4, -0.2) is 30.2 Å². The molecule has 6 heteroatoms. The molecule has 0 saturated heterocycles. The van der Waals surface area contributed by atoms with Crippen molar-refractivity contribution >= 4 is 18.6 Å². The summed E-state index contributed by atoms with van der Waals surface area (Å²) in [5.74, 6) is -0.202. The quantitative estimate of drug-likeness (QED) is 0.626. The van der Waals surface area contributed by atoms with Crippen molar-refractivity contribution in [3.63, 3.8) is 0 Å². The van der Waals surface area contributed by atoms with Crippen LogP contribution in [0.25, 0.3) is 0 Å². The van der Waals surface area contributed by atoms with Gasteiger partial charge in [0.2, 0.25) is 0 Å². The van der Waals surface area contributed by atoms with Crippen molar-refractivity contribution in [3.8, 4) is 5.75 Å². The maximum Gasteiger partial charge on any atom is 0.488 e. The van der Waals surface area contributed by atoms with Crippen molar-refractivity contribution < 1.29 is 24.3 Å². The molecule has 21 heavy (non-hydrogen) atoms. The van der Waals surface area contributed by atoms with Crippen LogP contribution in [0.3, 0.4) is 0 Å². The molecule has 0 saturated carbocycles. The molecular formula is C15H15BO5. The zero-order valence-electron chi connectivity index (χ0n) is 11.5. The van der Waals surface area contributed by atoms with Crippen LogP contribution >= 0.6 is 0 Å². The van der Waals surface area contributed by atoms with Crippen LogP contribution in [-0.2, 0) is 11.3 Å². The van der Waals surface area contributed by atoms with Gasteiger partial charge in [-0.1, -0.05) is 30.3 Å². The summed E-state index contributed by atoms with van der Waals surface area (Å²) < 4.78 is 10.2. The zero-order valence-corrected chi connectivity index (χ0v) is 11.5. The normalized spacial score (nSPS) is 10.0. The van der Waals surface area contributed by atoms with Crippen molar-refractivity contribution in [2.45, 2.75) is 6.61 Å². The molecule has 0 aliphatic heterocycles. The number of methoxy groups -OCH3 is 1. The van der Waals surface area contributed by atoms with Gasteiger partial charge in [0.15, 0.2) is 0 Å². The molecule has 0 aliphatic carbocycles. The first kappa shape index (κ1) is 15.1. The third-order valence-electron chi connectivity index (χ3n) is 2.90. The van der Waals surface area contributed by atoms with Crippen molar-refractivity contribution in [2.75, 3.05) is 7.11 Å². The van der Waals surface area contributed by atoms with Crippen molar-refractivity contribution in [1.29, 1.82) is 0 Å². The van der Waals surface area contributed by atoms with Gasteiger partial charge in [-0.15, -0.1) is 0 Å². The molecule has 2 rings (SSSR count). The Morgan fingerprint density at radius 1 is 1.14 bits per heavy atom. The fraction of sp³-hybridized carbons (Fsp3) is 0.133. The molecule has 0 aromatic heterocycles. The van der Waals surface area contributed by atoms with E-state index >= 15 is 0 Å². The average molecular weight is 286 g/mol. The standard InChI is InChI=1S/C15H15BO5/c1-20-15(17)12-7-13(16(18)19)9-14(8-12)21-10-11-5-3-2-4-6-11/h2-9,18-19H,10H2,1H3. The van der Waals surface area contributed by atoms with Crippen molar-refractivity contribution in [2.24, 2.45) is 0 Å². The summed E-state index contributed by atoms with van der Waals surface area (Å²) in [6.45, 7) is 0.312. The van der Waals surface area contributed by atoms with E-state index in [0.717, 1.165) is 5.56 Å². The number of ether oxygens (including phenoxy) is 2. The number of carbonyl (C=O) groups excluding carboxylic acids is 1. The number of hydrogen-bond acceptors (Lipinski definition) is 5. The van der Waals surface area contributed by atoms with E-state index < -0.39 is 13.1 Å². The summed E-state index contributed by atoms with van der Waals surface area (Å²) in [5.41, 5.74) is 1.33. The third-order valence-corrected chi connectivity index (χ3v) is 2.90. The van der Waals surface area contributed by atoms with Crippen LogP contribution in [0.5, 0.6) is 5.75 Å². The van der Waals surface area contributed by atoms with Gasteiger partial charge in [-0.3, -0.25) is 0 Å². The van der Waals surface area contributed by atoms with E-state index in [-0.39, 0.29) is 11.0 Å². The lowest BCUT2D eigenvalue weighted by Gasteiger charge is -2.10. The van der Waals surface area contributed by atoms with Crippen LogP contribution < -0.4 is 10.2 Å². The summed E-state index contributed by atoms with van der Waals surface area (Å²) in [4.78, 5) is 11.6. The van der Waals surface area contributed by atoms with Gasteiger partial charge in [0.05, 0.1) is 12.7 Å². The van der Waals surface area contributed by atoms with Gasteiger partial charge in [-0.25, -0.2) is 4.79 Å². The second kappa shape index (κ2) is 6.92. The number of hydrogen-bond donors (Lipinski definition) is 2. The molecule has 2 aromatic rings. The predicted octanol–water partition coefficient (Wildman–Crippen LogP) is 0.732. The van der Waals surface area contributed by atoms with E-state index in [4.69, 9.17) is 4.74 Å². The van der Waals surface area contributed by atoms with Crippen LogP contribution in [0.1, 0.15) is 15.9 Å². The molecule has 0 spiro atoms. The minimum Gasteiger partial charge on any atom is -0.489 e. The Morgan fingerprint density at radius 2 is 1.86 bits per heavy atom. The summed E-state index contributed by atoms with van der Waals surface area (Å²) in [6, 6.07) is 13.8. The number of benzene rings is 2. The number of carbonyl (C=O) groups is 1. The maximum absolute atomic E-state index is 11.6. The van der Waals surface area contributed by atoms with Gasteiger partial charge in [-0.05, 0) is 29.2 Å². The van der Waals surface area contributed by atoms with Crippen LogP contribution in [0, 0.1) is 0 Å². The van der Waals surface area contributed by atoms with E-state index in [1.54, 1.807) is 0 Å². The molecule has 0 heterocycles. The van der Waals surface area contributed by atoms with E-state index in [1.165, 1.54) is 25.3 Å². The Kier molecular flexibility index (Phi) is 4.97. The molecule has 0 atom stereocenters. The summed E-state index contributed by atoms with van der Waals surface area (Å²) in [5, 5.41) is 18.5.